The summed E-state index contributed by atoms with van der Waals surface area (Å²) in [5.74, 6) is -0.311. The zero-order valence-electron chi connectivity index (χ0n) is 17.8. The Hall–Kier alpha value is -3.56. The Kier molecular flexibility index (Phi) is 7.92. The van der Waals surface area contributed by atoms with Crippen molar-refractivity contribution in [1.29, 1.82) is 0 Å². The van der Waals surface area contributed by atoms with Crippen molar-refractivity contribution in [2.45, 2.75) is 31.9 Å². The van der Waals surface area contributed by atoms with Gasteiger partial charge >= 0.3 is 12.2 Å². The van der Waals surface area contributed by atoms with E-state index in [1.54, 1.807) is 24.3 Å². The lowest BCUT2D eigenvalue weighted by Crippen LogP contribution is -2.36. The number of hydrogen-bond donors (Lipinski definition) is 4. The van der Waals surface area contributed by atoms with Gasteiger partial charge in [-0.05, 0) is 55.3 Å². The molecule has 1 fully saturated rings. The zero-order valence-corrected chi connectivity index (χ0v) is 17.8. The molecule has 1 aliphatic rings. The van der Waals surface area contributed by atoms with E-state index in [2.05, 4.69) is 21.3 Å². The van der Waals surface area contributed by atoms with E-state index in [1.807, 2.05) is 0 Å². The SMILES string of the molecule is O=C(NCCNC(=O)c1ccc(NC(=O)C2CCCC2)cc1)Nc1cccc(C(F)(F)F)c1. The first-order chi connectivity index (χ1) is 15.7. The van der Waals surface area contributed by atoms with Crippen LogP contribution in [0.3, 0.4) is 0 Å². The number of carbonyl (C=O) groups is 3. The summed E-state index contributed by atoms with van der Waals surface area (Å²) < 4.78 is 38.2. The van der Waals surface area contributed by atoms with Gasteiger partial charge < -0.3 is 21.3 Å². The topological polar surface area (TPSA) is 99.3 Å². The third-order valence-electron chi connectivity index (χ3n) is 5.28. The standard InChI is InChI=1S/C23H25F3N4O3/c24-23(25,26)17-6-3-7-19(14-17)30-22(33)28-13-12-27-20(31)16-8-10-18(11-9-16)29-21(32)15-4-1-2-5-15/h3,6-11,14-15H,1-2,4-5,12-13H2,(H,27,31)(H,29,32)(H2,28,30,33). The van der Waals surface area contributed by atoms with Crippen LogP contribution in [0.4, 0.5) is 29.3 Å². The second-order valence-corrected chi connectivity index (χ2v) is 7.76. The lowest BCUT2D eigenvalue weighted by Gasteiger charge is -2.12. The Balaban J connectivity index is 1.38. The van der Waals surface area contributed by atoms with Gasteiger partial charge in [-0.15, -0.1) is 0 Å². The van der Waals surface area contributed by atoms with E-state index in [0.29, 0.717) is 11.3 Å². The molecule has 2 aromatic carbocycles. The molecule has 176 valence electrons. The van der Waals surface area contributed by atoms with Gasteiger partial charge in [0.15, 0.2) is 0 Å². The lowest BCUT2D eigenvalue weighted by molar-refractivity contribution is -0.137. The number of rotatable bonds is 7. The smallest absolute Gasteiger partial charge is 0.350 e. The Morgan fingerprint density at radius 3 is 2.18 bits per heavy atom. The highest BCUT2D eigenvalue weighted by molar-refractivity contribution is 5.96. The number of alkyl halides is 3. The van der Waals surface area contributed by atoms with Crippen LogP contribution in [-0.4, -0.2) is 30.9 Å². The molecule has 0 aromatic heterocycles. The summed E-state index contributed by atoms with van der Waals surface area (Å²) >= 11 is 0. The fraction of sp³-hybridized carbons (Fsp3) is 0.348. The highest BCUT2D eigenvalue weighted by atomic mass is 19.4. The summed E-state index contributed by atoms with van der Waals surface area (Å²) in [6, 6.07) is 10.1. The first kappa shape index (κ1) is 24.1. The van der Waals surface area contributed by atoms with Gasteiger partial charge in [-0.1, -0.05) is 18.9 Å². The van der Waals surface area contributed by atoms with Crippen LogP contribution in [0, 0.1) is 5.92 Å². The van der Waals surface area contributed by atoms with Crippen LogP contribution >= 0.6 is 0 Å². The summed E-state index contributed by atoms with van der Waals surface area (Å²) in [7, 11) is 0. The van der Waals surface area contributed by atoms with Crippen LogP contribution in [0.25, 0.3) is 0 Å². The van der Waals surface area contributed by atoms with Crippen molar-refractivity contribution in [3.05, 3.63) is 59.7 Å². The minimum absolute atomic E-state index is 0.000754. The minimum atomic E-state index is -4.50. The fourth-order valence-electron chi connectivity index (χ4n) is 3.54. The van der Waals surface area contributed by atoms with Crippen LogP contribution in [0.5, 0.6) is 0 Å². The molecule has 3 rings (SSSR count). The third kappa shape index (κ3) is 7.23. The average Bonchev–Trinajstić information content (AvgIpc) is 3.32. The molecule has 33 heavy (non-hydrogen) atoms. The normalized spacial score (nSPS) is 13.9. The van der Waals surface area contributed by atoms with Crippen molar-refractivity contribution in [2.24, 2.45) is 5.92 Å². The van der Waals surface area contributed by atoms with Crippen molar-refractivity contribution < 1.29 is 27.6 Å². The average molecular weight is 462 g/mol. The second kappa shape index (κ2) is 10.8. The Morgan fingerprint density at radius 2 is 1.52 bits per heavy atom. The third-order valence-corrected chi connectivity index (χ3v) is 5.28. The highest BCUT2D eigenvalue weighted by Crippen LogP contribution is 2.30. The van der Waals surface area contributed by atoms with Crippen LogP contribution in [-0.2, 0) is 11.0 Å². The predicted molar refractivity (Wildman–Crippen MR) is 118 cm³/mol. The van der Waals surface area contributed by atoms with E-state index in [0.717, 1.165) is 37.8 Å². The zero-order chi connectivity index (χ0) is 23.8. The van der Waals surface area contributed by atoms with E-state index in [4.69, 9.17) is 0 Å². The van der Waals surface area contributed by atoms with Gasteiger partial charge in [-0.3, -0.25) is 9.59 Å². The van der Waals surface area contributed by atoms with Gasteiger partial charge in [-0.2, -0.15) is 13.2 Å². The molecule has 0 spiro atoms. The number of carbonyl (C=O) groups excluding carboxylic acids is 3. The summed E-state index contributed by atoms with van der Waals surface area (Å²) in [5, 5.41) is 10.3. The monoisotopic (exact) mass is 462 g/mol. The molecule has 4 N–H and O–H groups in total. The molecular formula is C23H25F3N4O3. The molecule has 1 saturated carbocycles. The predicted octanol–water partition coefficient (Wildman–Crippen LogP) is 4.39. The van der Waals surface area contributed by atoms with E-state index >= 15 is 0 Å². The number of urea groups is 1. The summed E-state index contributed by atoms with van der Waals surface area (Å²) in [6.45, 7) is 0.196. The van der Waals surface area contributed by atoms with Crippen molar-refractivity contribution in [3.8, 4) is 0 Å². The molecule has 0 aliphatic heterocycles. The molecule has 0 bridgehead atoms. The largest absolute Gasteiger partial charge is 0.416 e. The fourth-order valence-corrected chi connectivity index (χ4v) is 3.54. The quantitative estimate of drug-likeness (QED) is 0.460. The van der Waals surface area contributed by atoms with E-state index in [9.17, 15) is 27.6 Å². The number of halogens is 3. The van der Waals surface area contributed by atoms with Gasteiger partial charge in [0.1, 0.15) is 0 Å². The maximum Gasteiger partial charge on any atom is 0.416 e. The van der Waals surface area contributed by atoms with Crippen molar-refractivity contribution in [3.63, 3.8) is 0 Å². The Labute approximate surface area is 189 Å². The van der Waals surface area contributed by atoms with Crippen LogP contribution in [0.2, 0.25) is 0 Å². The van der Waals surface area contributed by atoms with E-state index < -0.39 is 17.8 Å². The first-order valence-electron chi connectivity index (χ1n) is 10.6. The molecule has 0 radical (unpaired) electrons. The molecule has 7 nitrogen and oxygen atoms in total. The second-order valence-electron chi connectivity index (χ2n) is 7.76. The Bertz CT molecular complexity index is 987. The van der Waals surface area contributed by atoms with Gasteiger partial charge in [0.25, 0.3) is 5.91 Å². The lowest BCUT2D eigenvalue weighted by atomic mass is 10.1. The summed E-state index contributed by atoms with van der Waals surface area (Å²) in [4.78, 5) is 36.2. The van der Waals surface area contributed by atoms with Crippen LogP contribution < -0.4 is 21.3 Å². The van der Waals surface area contributed by atoms with Crippen LogP contribution in [0.1, 0.15) is 41.6 Å². The molecule has 0 unspecified atom stereocenters. The first-order valence-corrected chi connectivity index (χ1v) is 10.6. The number of benzene rings is 2. The molecule has 0 heterocycles. The van der Waals surface area contributed by atoms with Gasteiger partial charge in [0.2, 0.25) is 5.91 Å². The molecule has 4 amide bonds. The molecule has 0 atom stereocenters. The van der Waals surface area contributed by atoms with Gasteiger partial charge in [0.05, 0.1) is 5.56 Å². The number of hydrogen-bond acceptors (Lipinski definition) is 3. The van der Waals surface area contributed by atoms with E-state index in [-0.39, 0.29) is 36.5 Å². The van der Waals surface area contributed by atoms with Crippen molar-refractivity contribution in [1.82, 2.24) is 10.6 Å². The van der Waals surface area contributed by atoms with E-state index in [1.165, 1.54) is 12.1 Å². The Morgan fingerprint density at radius 1 is 0.848 bits per heavy atom. The van der Waals surface area contributed by atoms with Crippen LogP contribution in [0.15, 0.2) is 48.5 Å². The molecule has 1 aliphatic carbocycles. The summed E-state index contributed by atoms with van der Waals surface area (Å²) in [5.41, 5.74) is 0.154. The maximum atomic E-state index is 12.7. The van der Waals surface area contributed by atoms with Crippen molar-refractivity contribution in [2.75, 3.05) is 23.7 Å². The number of anilines is 2. The highest BCUT2D eigenvalue weighted by Gasteiger charge is 2.30. The minimum Gasteiger partial charge on any atom is -0.350 e. The van der Waals surface area contributed by atoms with Gasteiger partial charge in [-0.25, -0.2) is 4.79 Å². The van der Waals surface area contributed by atoms with Gasteiger partial charge in [0, 0.05) is 35.9 Å². The summed E-state index contributed by atoms with van der Waals surface area (Å²) in [6.07, 6.45) is -0.563. The van der Waals surface area contributed by atoms with Crippen molar-refractivity contribution >= 4 is 29.2 Å². The molecule has 10 heteroatoms. The molecule has 0 saturated heterocycles. The maximum absolute atomic E-state index is 12.7. The number of amides is 4. The number of nitrogens with one attached hydrogen (secondary N) is 4. The molecule has 2 aromatic rings. The molecular weight excluding hydrogens is 437 g/mol.